The second kappa shape index (κ2) is 2.80. The molecule has 1 radical (unpaired) electrons. The van der Waals surface area contributed by atoms with Gasteiger partial charge in [0.1, 0.15) is 0 Å². The first-order valence-electron chi connectivity index (χ1n) is 3.18. The van der Waals surface area contributed by atoms with E-state index >= 15 is 0 Å². The minimum atomic E-state index is 1.01. The van der Waals surface area contributed by atoms with Crippen molar-refractivity contribution in [2.45, 2.75) is 0 Å². The standard InChI is InChI=1S/C8H5N2S/c1-2-7(4-9-3-1)8-5-10-6-11-8/h1-3,5-6H. The Kier molecular flexibility index (Phi) is 1.65. The molecule has 2 aromatic rings. The zero-order valence-corrected chi connectivity index (χ0v) is 6.51. The Bertz CT molecular complexity index is 315. The summed E-state index contributed by atoms with van der Waals surface area (Å²) in [5.41, 5.74) is 2.81. The fourth-order valence-electron chi connectivity index (χ4n) is 0.812. The third-order valence-corrected chi connectivity index (χ3v) is 2.11. The van der Waals surface area contributed by atoms with Gasteiger partial charge in [-0.3, -0.25) is 9.97 Å². The summed E-state index contributed by atoms with van der Waals surface area (Å²) in [6.45, 7) is 0. The number of rotatable bonds is 1. The van der Waals surface area contributed by atoms with Crippen molar-refractivity contribution in [1.82, 2.24) is 9.97 Å². The minimum absolute atomic E-state index is 1.01. The molecule has 2 nitrogen and oxygen atoms in total. The van der Waals surface area contributed by atoms with Gasteiger partial charge < -0.3 is 0 Å². The lowest BCUT2D eigenvalue weighted by atomic mass is 10.3. The van der Waals surface area contributed by atoms with Crippen LogP contribution in [0.25, 0.3) is 10.4 Å². The summed E-state index contributed by atoms with van der Waals surface area (Å²) in [6, 6.07) is 3.87. The van der Waals surface area contributed by atoms with Gasteiger partial charge in [0.2, 0.25) is 0 Å². The first-order chi connectivity index (χ1) is 5.47. The van der Waals surface area contributed by atoms with Gasteiger partial charge in [-0.2, -0.15) is 0 Å². The summed E-state index contributed by atoms with van der Waals surface area (Å²) >= 11 is 1.59. The van der Waals surface area contributed by atoms with E-state index in [-0.39, 0.29) is 0 Å². The van der Waals surface area contributed by atoms with E-state index in [1.165, 1.54) is 0 Å². The molecule has 0 bridgehead atoms. The van der Waals surface area contributed by atoms with E-state index in [1.54, 1.807) is 23.0 Å². The van der Waals surface area contributed by atoms with Crippen LogP contribution >= 0.6 is 11.3 Å². The summed E-state index contributed by atoms with van der Waals surface area (Å²) in [7, 11) is 0. The summed E-state index contributed by atoms with van der Waals surface area (Å²) < 4.78 is 0. The minimum Gasteiger partial charge on any atom is -0.254 e. The lowest BCUT2D eigenvalue weighted by Crippen LogP contribution is -1.73. The molecule has 0 N–H and O–H groups in total. The van der Waals surface area contributed by atoms with E-state index < -0.39 is 0 Å². The van der Waals surface area contributed by atoms with Crippen LogP contribution in [0.3, 0.4) is 0 Å². The molecule has 0 saturated heterocycles. The average molecular weight is 161 g/mol. The Balaban J connectivity index is 2.46. The number of hydrogen-bond donors (Lipinski definition) is 0. The van der Waals surface area contributed by atoms with Crippen molar-refractivity contribution in [2.75, 3.05) is 0 Å². The van der Waals surface area contributed by atoms with Gasteiger partial charge in [-0.25, -0.2) is 0 Å². The molecule has 0 aromatic carbocycles. The number of nitrogens with zero attached hydrogens (tertiary/aromatic N) is 2. The van der Waals surface area contributed by atoms with Crippen molar-refractivity contribution in [3.05, 3.63) is 36.2 Å². The Morgan fingerprint density at radius 2 is 2.45 bits per heavy atom. The molecule has 0 spiro atoms. The van der Waals surface area contributed by atoms with E-state index in [4.69, 9.17) is 0 Å². The summed E-state index contributed by atoms with van der Waals surface area (Å²) in [5, 5.41) is 0. The number of pyridine rings is 1. The van der Waals surface area contributed by atoms with Crippen molar-refractivity contribution >= 4 is 11.3 Å². The highest BCUT2D eigenvalue weighted by atomic mass is 32.1. The maximum Gasteiger partial charge on any atom is 0.0979 e. The third kappa shape index (κ3) is 1.28. The van der Waals surface area contributed by atoms with Crippen LogP contribution < -0.4 is 0 Å². The molecule has 2 aromatic heterocycles. The Morgan fingerprint density at radius 1 is 1.45 bits per heavy atom. The molecule has 0 saturated carbocycles. The third-order valence-electron chi connectivity index (χ3n) is 1.31. The number of thiazole rings is 1. The van der Waals surface area contributed by atoms with E-state index in [0.717, 1.165) is 10.4 Å². The predicted octanol–water partition coefficient (Wildman–Crippen LogP) is 2.01. The second-order valence-corrected chi connectivity index (χ2v) is 2.91. The molecule has 3 heteroatoms. The summed E-state index contributed by atoms with van der Waals surface area (Å²) in [6.07, 6.45) is 6.42. The topological polar surface area (TPSA) is 25.8 Å². The molecule has 53 valence electrons. The van der Waals surface area contributed by atoms with Gasteiger partial charge in [0.25, 0.3) is 0 Å². The van der Waals surface area contributed by atoms with Crippen LogP contribution in [-0.2, 0) is 0 Å². The monoisotopic (exact) mass is 161 g/mol. The van der Waals surface area contributed by atoms with Crippen LogP contribution in [0.1, 0.15) is 0 Å². The van der Waals surface area contributed by atoms with E-state index in [9.17, 15) is 0 Å². The highest BCUT2D eigenvalue weighted by Gasteiger charge is 1.96. The molecule has 2 heterocycles. The van der Waals surface area contributed by atoms with E-state index in [1.807, 2.05) is 18.3 Å². The quantitative estimate of drug-likeness (QED) is 0.639. The first kappa shape index (κ1) is 6.49. The van der Waals surface area contributed by atoms with Gasteiger partial charge in [-0.15, -0.1) is 11.3 Å². The zero-order valence-electron chi connectivity index (χ0n) is 5.69. The van der Waals surface area contributed by atoms with Gasteiger partial charge in [-0.1, -0.05) is 0 Å². The van der Waals surface area contributed by atoms with Crippen LogP contribution in [0, 0.1) is 6.20 Å². The zero-order chi connectivity index (χ0) is 7.52. The maximum atomic E-state index is 3.97. The normalized spacial score (nSPS) is 9.82. The van der Waals surface area contributed by atoms with Gasteiger partial charge in [0.15, 0.2) is 0 Å². The SMILES string of the molecule is [c]1ncccc1-c1cncs1. The summed E-state index contributed by atoms with van der Waals surface area (Å²) in [5.74, 6) is 0. The molecular weight excluding hydrogens is 156 g/mol. The fraction of sp³-hybridized carbons (Fsp3) is 0. The molecule has 2 rings (SSSR count). The number of hydrogen-bond acceptors (Lipinski definition) is 3. The van der Waals surface area contributed by atoms with Crippen molar-refractivity contribution < 1.29 is 0 Å². The van der Waals surface area contributed by atoms with Crippen LogP contribution in [0.15, 0.2) is 30.0 Å². The van der Waals surface area contributed by atoms with E-state index in [2.05, 4.69) is 16.2 Å². The van der Waals surface area contributed by atoms with E-state index in [0.29, 0.717) is 0 Å². The molecule has 0 unspecified atom stereocenters. The molecule has 0 aliphatic carbocycles. The molecule has 0 fully saturated rings. The smallest absolute Gasteiger partial charge is 0.0979 e. The van der Waals surface area contributed by atoms with Crippen LogP contribution in [-0.4, -0.2) is 9.97 Å². The molecule has 0 amide bonds. The van der Waals surface area contributed by atoms with Crippen molar-refractivity contribution in [2.24, 2.45) is 0 Å². The van der Waals surface area contributed by atoms with Crippen LogP contribution in [0.4, 0.5) is 0 Å². The average Bonchev–Trinajstić information content (AvgIpc) is 2.58. The predicted molar refractivity (Wildman–Crippen MR) is 44.2 cm³/mol. The van der Waals surface area contributed by atoms with Crippen molar-refractivity contribution in [3.63, 3.8) is 0 Å². The maximum absolute atomic E-state index is 3.97. The molecule has 11 heavy (non-hydrogen) atoms. The fourth-order valence-corrected chi connectivity index (χ4v) is 1.41. The van der Waals surface area contributed by atoms with Gasteiger partial charge in [-0.05, 0) is 12.1 Å². The molecule has 0 aliphatic rings. The Hall–Kier alpha value is -1.22. The largest absolute Gasteiger partial charge is 0.254 e. The molecular formula is C8H5N2S. The highest BCUT2D eigenvalue weighted by Crippen LogP contribution is 2.20. The van der Waals surface area contributed by atoms with Gasteiger partial charge >= 0.3 is 0 Å². The molecule has 0 atom stereocenters. The van der Waals surface area contributed by atoms with Gasteiger partial charge in [0.05, 0.1) is 16.6 Å². The van der Waals surface area contributed by atoms with Crippen molar-refractivity contribution in [1.29, 1.82) is 0 Å². The lowest BCUT2D eigenvalue weighted by Gasteiger charge is -1.90. The van der Waals surface area contributed by atoms with Crippen LogP contribution in [0.5, 0.6) is 0 Å². The Labute approximate surface area is 68.6 Å². The Morgan fingerprint density at radius 3 is 3.09 bits per heavy atom. The highest BCUT2D eigenvalue weighted by molar-refractivity contribution is 7.13. The molecule has 0 aliphatic heterocycles. The van der Waals surface area contributed by atoms with Gasteiger partial charge in [0, 0.05) is 18.0 Å². The van der Waals surface area contributed by atoms with Crippen molar-refractivity contribution in [3.8, 4) is 10.4 Å². The first-order valence-corrected chi connectivity index (χ1v) is 4.06. The second-order valence-electron chi connectivity index (χ2n) is 2.03. The summed E-state index contributed by atoms with van der Waals surface area (Å²) in [4.78, 5) is 8.97. The van der Waals surface area contributed by atoms with Crippen LogP contribution in [0.2, 0.25) is 0 Å². The number of aromatic nitrogens is 2. The lowest BCUT2D eigenvalue weighted by molar-refractivity contribution is 1.31.